The molecule has 1 aromatic rings. The zero-order valence-electron chi connectivity index (χ0n) is 14.3. The monoisotopic (exact) mass is 308 g/mol. The average Bonchev–Trinajstić information content (AvgIpc) is 2.94. The van der Waals surface area contributed by atoms with Gasteiger partial charge in [0.05, 0.1) is 0 Å². The van der Waals surface area contributed by atoms with Crippen molar-refractivity contribution in [1.82, 2.24) is 15.1 Å². The Morgan fingerprint density at radius 3 is 2.55 bits per heavy atom. The van der Waals surface area contributed by atoms with Gasteiger partial charge in [-0.25, -0.2) is 4.79 Å². The molecule has 1 fully saturated rings. The zero-order chi connectivity index (χ0) is 16.3. The molecule has 1 saturated heterocycles. The third-order valence-corrected chi connectivity index (χ3v) is 3.98. The topological polar surface area (TPSA) is 61.5 Å². The van der Waals surface area contributed by atoms with Gasteiger partial charge in [-0.3, -0.25) is 5.10 Å². The Balaban J connectivity index is 1.89. The number of nitrogens with zero attached hydrogens (tertiary/aromatic N) is 3. The molecule has 1 amide bonds. The SMILES string of the molecule is CCC(C)c1cc(N2CCN(C(=O)OC(C)(C)C)CC2)n[nH]1. The fourth-order valence-electron chi connectivity index (χ4n) is 2.40. The van der Waals surface area contributed by atoms with E-state index in [4.69, 9.17) is 4.74 Å². The molecule has 6 nitrogen and oxygen atoms in total. The highest BCUT2D eigenvalue weighted by molar-refractivity contribution is 5.68. The highest BCUT2D eigenvalue weighted by atomic mass is 16.6. The van der Waals surface area contributed by atoms with Crippen LogP contribution in [0.4, 0.5) is 10.6 Å². The first-order chi connectivity index (χ1) is 10.3. The van der Waals surface area contributed by atoms with Crippen LogP contribution >= 0.6 is 0 Å². The Bertz CT molecular complexity index is 498. The largest absolute Gasteiger partial charge is 0.444 e. The minimum absolute atomic E-state index is 0.227. The number of aromatic nitrogens is 2. The summed E-state index contributed by atoms with van der Waals surface area (Å²) < 4.78 is 5.41. The summed E-state index contributed by atoms with van der Waals surface area (Å²) in [6, 6.07) is 2.12. The van der Waals surface area contributed by atoms with E-state index in [9.17, 15) is 4.79 Å². The molecule has 0 aliphatic carbocycles. The molecular weight excluding hydrogens is 280 g/mol. The van der Waals surface area contributed by atoms with E-state index in [0.29, 0.717) is 19.0 Å². The number of ether oxygens (including phenoxy) is 1. The molecule has 0 spiro atoms. The van der Waals surface area contributed by atoms with Gasteiger partial charge in [-0.2, -0.15) is 5.10 Å². The minimum Gasteiger partial charge on any atom is -0.444 e. The molecule has 0 radical (unpaired) electrons. The lowest BCUT2D eigenvalue weighted by Gasteiger charge is -2.35. The van der Waals surface area contributed by atoms with Crippen LogP contribution in [0, 0.1) is 0 Å². The van der Waals surface area contributed by atoms with Crippen LogP contribution in [-0.2, 0) is 4.74 Å². The fraction of sp³-hybridized carbons (Fsp3) is 0.750. The summed E-state index contributed by atoms with van der Waals surface area (Å²) >= 11 is 0. The molecule has 0 saturated carbocycles. The number of carbonyl (C=O) groups is 1. The second kappa shape index (κ2) is 6.58. The van der Waals surface area contributed by atoms with Crippen molar-refractivity contribution in [1.29, 1.82) is 0 Å². The lowest BCUT2D eigenvalue weighted by molar-refractivity contribution is 0.0240. The first-order valence-corrected chi connectivity index (χ1v) is 8.08. The number of hydrogen-bond donors (Lipinski definition) is 1. The van der Waals surface area contributed by atoms with Crippen LogP contribution < -0.4 is 4.90 Å². The van der Waals surface area contributed by atoms with Gasteiger partial charge in [0.25, 0.3) is 0 Å². The molecular formula is C16H28N4O2. The minimum atomic E-state index is -0.443. The van der Waals surface area contributed by atoms with E-state index in [-0.39, 0.29) is 6.09 Å². The van der Waals surface area contributed by atoms with Crippen molar-refractivity contribution in [2.24, 2.45) is 0 Å². The van der Waals surface area contributed by atoms with Crippen molar-refractivity contribution in [3.05, 3.63) is 11.8 Å². The van der Waals surface area contributed by atoms with Gasteiger partial charge < -0.3 is 14.5 Å². The number of anilines is 1. The lowest BCUT2D eigenvalue weighted by Crippen LogP contribution is -2.50. The van der Waals surface area contributed by atoms with Gasteiger partial charge in [-0.15, -0.1) is 0 Å². The Labute approximate surface area is 132 Å². The average molecular weight is 308 g/mol. The van der Waals surface area contributed by atoms with Crippen molar-refractivity contribution >= 4 is 11.9 Å². The summed E-state index contributed by atoms with van der Waals surface area (Å²) in [5.74, 6) is 1.46. The number of H-pyrrole nitrogens is 1. The molecule has 1 aromatic heterocycles. The maximum absolute atomic E-state index is 12.1. The first-order valence-electron chi connectivity index (χ1n) is 8.08. The Kier molecular flexibility index (Phi) is 4.98. The van der Waals surface area contributed by atoms with Crippen LogP contribution in [0.25, 0.3) is 0 Å². The van der Waals surface area contributed by atoms with Gasteiger partial charge in [-0.05, 0) is 33.1 Å². The van der Waals surface area contributed by atoms with Crippen LogP contribution in [0.2, 0.25) is 0 Å². The van der Waals surface area contributed by atoms with Crippen LogP contribution in [0.1, 0.15) is 52.7 Å². The molecule has 1 atom stereocenters. The summed E-state index contributed by atoms with van der Waals surface area (Å²) in [7, 11) is 0. The number of nitrogens with one attached hydrogen (secondary N) is 1. The Morgan fingerprint density at radius 2 is 2.00 bits per heavy atom. The molecule has 2 heterocycles. The molecule has 2 rings (SSSR count). The highest BCUT2D eigenvalue weighted by Gasteiger charge is 2.26. The number of aromatic amines is 1. The van der Waals surface area contributed by atoms with Gasteiger partial charge in [0, 0.05) is 37.9 Å². The van der Waals surface area contributed by atoms with Crippen LogP contribution in [-0.4, -0.2) is 53.0 Å². The van der Waals surface area contributed by atoms with Crippen molar-refractivity contribution < 1.29 is 9.53 Å². The van der Waals surface area contributed by atoms with E-state index in [0.717, 1.165) is 25.3 Å². The Hall–Kier alpha value is -1.72. The number of carbonyl (C=O) groups excluding carboxylic acids is 1. The normalized spacial score (nSPS) is 17.5. The summed E-state index contributed by atoms with van der Waals surface area (Å²) in [6.07, 6.45) is 0.864. The van der Waals surface area contributed by atoms with E-state index in [2.05, 4.69) is 35.0 Å². The van der Waals surface area contributed by atoms with E-state index in [1.165, 1.54) is 5.69 Å². The second-order valence-corrected chi connectivity index (χ2v) is 6.95. The smallest absolute Gasteiger partial charge is 0.410 e. The quantitative estimate of drug-likeness (QED) is 0.932. The second-order valence-electron chi connectivity index (χ2n) is 6.95. The summed E-state index contributed by atoms with van der Waals surface area (Å²) in [6.45, 7) is 12.9. The van der Waals surface area contributed by atoms with E-state index < -0.39 is 5.60 Å². The van der Waals surface area contributed by atoms with Crippen LogP contribution in [0.3, 0.4) is 0 Å². The van der Waals surface area contributed by atoms with Gasteiger partial charge in [0.2, 0.25) is 0 Å². The lowest BCUT2D eigenvalue weighted by atomic mass is 10.1. The standard InChI is InChI=1S/C16H28N4O2/c1-6-12(2)13-11-14(18-17-13)19-7-9-20(10-8-19)15(21)22-16(3,4)5/h11-12H,6-10H2,1-5H3,(H,17,18). The molecule has 1 unspecified atom stereocenters. The summed E-state index contributed by atoms with van der Waals surface area (Å²) in [4.78, 5) is 16.0. The molecule has 124 valence electrons. The first kappa shape index (κ1) is 16.6. The molecule has 1 N–H and O–H groups in total. The molecule has 1 aliphatic rings. The zero-order valence-corrected chi connectivity index (χ0v) is 14.3. The number of piperazine rings is 1. The molecule has 0 aromatic carbocycles. The van der Waals surface area contributed by atoms with Gasteiger partial charge in [-0.1, -0.05) is 13.8 Å². The van der Waals surface area contributed by atoms with Gasteiger partial charge in [0.15, 0.2) is 5.82 Å². The van der Waals surface area contributed by atoms with E-state index in [1.54, 1.807) is 4.90 Å². The van der Waals surface area contributed by atoms with Crippen molar-refractivity contribution in [3.8, 4) is 0 Å². The molecule has 22 heavy (non-hydrogen) atoms. The van der Waals surface area contributed by atoms with Gasteiger partial charge >= 0.3 is 6.09 Å². The van der Waals surface area contributed by atoms with Crippen LogP contribution in [0.15, 0.2) is 6.07 Å². The molecule has 6 heteroatoms. The molecule has 0 bridgehead atoms. The summed E-state index contributed by atoms with van der Waals surface area (Å²) in [5, 5.41) is 7.53. The molecule has 1 aliphatic heterocycles. The summed E-state index contributed by atoms with van der Waals surface area (Å²) in [5.41, 5.74) is 0.730. The number of rotatable bonds is 3. The predicted molar refractivity (Wildman–Crippen MR) is 87.3 cm³/mol. The highest BCUT2D eigenvalue weighted by Crippen LogP contribution is 2.22. The Morgan fingerprint density at radius 1 is 1.36 bits per heavy atom. The van der Waals surface area contributed by atoms with Crippen LogP contribution in [0.5, 0.6) is 0 Å². The number of amides is 1. The van der Waals surface area contributed by atoms with Crippen molar-refractivity contribution in [2.45, 2.75) is 52.6 Å². The van der Waals surface area contributed by atoms with E-state index in [1.807, 2.05) is 20.8 Å². The third-order valence-electron chi connectivity index (χ3n) is 3.98. The maximum atomic E-state index is 12.1. The van der Waals surface area contributed by atoms with Crippen molar-refractivity contribution in [2.75, 3.05) is 31.1 Å². The maximum Gasteiger partial charge on any atom is 0.410 e. The van der Waals surface area contributed by atoms with Crippen molar-refractivity contribution in [3.63, 3.8) is 0 Å². The predicted octanol–water partition coefficient (Wildman–Crippen LogP) is 2.98. The van der Waals surface area contributed by atoms with E-state index >= 15 is 0 Å². The van der Waals surface area contributed by atoms with Gasteiger partial charge in [0.1, 0.15) is 5.60 Å². The third kappa shape index (κ3) is 4.15. The number of hydrogen-bond acceptors (Lipinski definition) is 4. The fourth-order valence-corrected chi connectivity index (χ4v) is 2.40.